The lowest BCUT2D eigenvalue weighted by molar-refractivity contribution is 0.264. The topological polar surface area (TPSA) is 91.1 Å². The van der Waals surface area contributed by atoms with Crippen LogP contribution in [0.1, 0.15) is 42.6 Å². The molecule has 5 atom stereocenters. The lowest BCUT2D eigenvalue weighted by atomic mass is 9.81. The van der Waals surface area contributed by atoms with E-state index in [1.807, 2.05) is 0 Å². The van der Waals surface area contributed by atoms with E-state index in [1.54, 1.807) is 12.3 Å². The zero-order valence-electron chi connectivity index (χ0n) is 16.4. The van der Waals surface area contributed by atoms with Gasteiger partial charge in [-0.25, -0.2) is 14.8 Å². The standard InChI is InChI=1S/C21H28FN7/c22-14-7-13(9-24-10-14)18-8-16-19(11-25-18)27-28-21(16)17-4-1-5-20(26-17)29-6-2-3-15(23)12-29/h1,4-5,7,9-10,15-16,18-19,21,25,27-28H,2-3,6,8,11-12,23H2/t15-,16?,18?,19?,21?/m0/s1. The molecule has 0 aromatic carbocycles. The molecule has 0 bridgehead atoms. The number of hydrazine groups is 1. The number of piperidine rings is 2. The Morgan fingerprint density at radius 1 is 1.21 bits per heavy atom. The highest BCUT2D eigenvalue weighted by molar-refractivity contribution is 5.41. The largest absolute Gasteiger partial charge is 0.355 e. The number of nitrogens with two attached hydrogens (primary N) is 1. The van der Waals surface area contributed by atoms with Crippen LogP contribution < -0.4 is 26.8 Å². The zero-order valence-corrected chi connectivity index (χ0v) is 16.4. The normalized spacial score (nSPS) is 32.2. The summed E-state index contributed by atoms with van der Waals surface area (Å²) in [5.41, 5.74) is 15.0. The van der Waals surface area contributed by atoms with E-state index < -0.39 is 0 Å². The number of rotatable bonds is 3. The Balaban J connectivity index is 1.35. The molecule has 5 rings (SSSR count). The lowest BCUT2D eigenvalue weighted by Gasteiger charge is -2.35. The summed E-state index contributed by atoms with van der Waals surface area (Å²) in [7, 11) is 0. The molecule has 3 saturated heterocycles. The quantitative estimate of drug-likeness (QED) is 0.623. The monoisotopic (exact) mass is 397 g/mol. The molecule has 7 nitrogen and oxygen atoms in total. The molecule has 5 heterocycles. The predicted molar refractivity (Wildman–Crippen MR) is 110 cm³/mol. The van der Waals surface area contributed by atoms with Gasteiger partial charge in [0.1, 0.15) is 11.6 Å². The van der Waals surface area contributed by atoms with Gasteiger partial charge in [-0.15, -0.1) is 0 Å². The second-order valence-corrected chi connectivity index (χ2v) is 8.44. The van der Waals surface area contributed by atoms with Gasteiger partial charge < -0.3 is 16.0 Å². The molecule has 0 radical (unpaired) electrons. The van der Waals surface area contributed by atoms with Gasteiger partial charge in [0.25, 0.3) is 0 Å². The van der Waals surface area contributed by atoms with Gasteiger partial charge in [0.05, 0.1) is 17.9 Å². The van der Waals surface area contributed by atoms with Crippen molar-refractivity contribution in [1.29, 1.82) is 0 Å². The first-order chi connectivity index (χ1) is 14.2. The predicted octanol–water partition coefficient (Wildman–Crippen LogP) is 1.41. The van der Waals surface area contributed by atoms with Gasteiger partial charge in [0, 0.05) is 49.9 Å². The van der Waals surface area contributed by atoms with Gasteiger partial charge in [0.2, 0.25) is 0 Å². The number of hydrogen-bond donors (Lipinski definition) is 4. The maximum Gasteiger partial charge on any atom is 0.141 e. The third kappa shape index (κ3) is 3.85. The molecule has 8 heteroatoms. The van der Waals surface area contributed by atoms with E-state index in [0.29, 0.717) is 12.0 Å². The maximum atomic E-state index is 13.6. The fraction of sp³-hybridized carbons (Fsp3) is 0.524. The van der Waals surface area contributed by atoms with Crippen LogP contribution >= 0.6 is 0 Å². The summed E-state index contributed by atoms with van der Waals surface area (Å²) in [5.74, 6) is 1.07. The minimum absolute atomic E-state index is 0.0897. The zero-order chi connectivity index (χ0) is 19.8. The summed E-state index contributed by atoms with van der Waals surface area (Å²) in [6, 6.07) is 8.56. The molecule has 3 aliphatic rings. The van der Waals surface area contributed by atoms with Crippen LogP contribution in [0, 0.1) is 11.7 Å². The number of pyridine rings is 2. The average molecular weight is 398 g/mol. The first-order valence-corrected chi connectivity index (χ1v) is 10.5. The smallest absolute Gasteiger partial charge is 0.141 e. The van der Waals surface area contributed by atoms with Crippen molar-refractivity contribution in [3.63, 3.8) is 0 Å². The highest BCUT2D eigenvalue weighted by Gasteiger charge is 2.42. The molecule has 2 aromatic heterocycles. The van der Waals surface area contributed by atoms with Crippen molar-refractivity contribution in [2.24, 2.45) is 11.7 Å². The van der Waals surface area contributed by atoms with Crippen molar-refractivity contribution < 1.29 is 4.39 Å². The Hall–Kier alpha value is -2.13. The summed E-state index contributed by atoms with van der Waals surface area (Å²) < 4.78 is 13.6. The molecule has 2 aromatic rings. The average Bonchev–Trinajstić information content (AvgIpc) is 3.17. The van der Waals surface area contributed by atoms with Crippen LogP contribution in [0.2, 0.25) is 0 Å². The summed E-state index contributed by atoms with van der Waals surface area (Å²) in [6.45, 7) is 2.68. The molecule has 29 heavy (non-hydrogen) atoms. The van der Waals surface area contributed by atoms with Crippen LogP contribution in [0.25, 0.3) is 0 Å². The summed E-state index contributed by atoms with van der Waals surface area (Å²) in [4.78, 5) is 11.3. The molecule has 5 N–H and O–H groups in total. The Labute approximate surface area is 170 Å². The van der Waals surface area contributed by atoms with Gasteiger partial charge in [-0.2, -0.15) is 0 Å². The molecule has 0 spiro atoms. The van der Waals surface area contributed by atoms with E-state index in [9.17, 15) is 4.39 Å². The molecule has 154 valence electrons. The number of nitrogens with one attached hydrogen (secondary N) is 3. The summed E-state index contributed by atoms with van der Waals surface area (Å²) >= 11 is 0. The first kappa shape index (κ1) is 18.9. The molecular weight excluding hydrogens is 369 g/mol. The van der Waals surface area contributed by atoms with Crippen molar-refractivity contribution >= 4 is 5.82 Å². The fourth-order valence-electron chi connectivity index (χ4n) is 4.94. The molecule has 0 saturated carbocycles. The van der Waals surface area contributed by atoms with Crippen LogP contribution in [-0.2, 0) is 0 Å². The van der Waals surface area contributed by atoms with Crippen LogP contribution in [0.15, 0.2) is 36.7 Å². The van der Waals surface area contributed by atoms with E-state index >= 15 is 0 Å². The summed E-state index contributed by atoms with van der Waals surface area (Å²) in [6.07, 6.45) is 6.08. The maximum absolute atomic E-state index is 13.6. The fourth-order valence-corrected chi connectivity index (χ4v) is 4.94. The number of aromatic nitrogens is 2. The molecule has 3 fully saturated rings. The van der Waals surface area contributed by atoms with Crippen molar-refractivity contribution in [2.45, 2.75) is 43.4 Å². The van der Waals surface area contributed by atoms with E-state index in [-0.39, 0.29) is 23.9 Å². The Bertz CT molecular complexity index is 862. The van der Waals surface area contributed by atoms with E-state index in [0.717, 1.165) is 56.0 Å². The van der Waals surface area contributed by atoms with Crippen molar-refractivity contribution in [2.75, 3.05) is 24.5 Å². The molecular formula is C21H28FN7. The number of fused-ring (bicyclic) bond motifs is 1. The third-order valence-electron chi connectivity index (χ3n) is 6.45. The molecule has 0 aliphatic carbocycles. The first-order valence-electron chi connectivity index (χ1n) is 10.5. The van der Waals surface area contributed by atoms with Crippen LogP contribution in [0.5, 0.6) is 0 Å². The number of halogens is 1. The van der Waals surface area contributed by atoms with Gasteiger partial charge in [-0.3, -0.25) is 10.4 Å². The number of anilines is 1. The molecule has 3 aliphatic heterocycles. The SMILES string of the molecule is N[C@H]1CCCN(c2cccc(C3NNC4CNC(c5cncc(F)c5)CC43)n2)C1. The Kier molecular flexibility index (Phi) is 5.17. The van der Waals surface area contributed by atoms with E-state index in [1.165, 1.54) is 6.20 Å². The number of nitrogens with zero attached hydrogens (tertiary/aromatic N) is 3. The highest BCUT2D eigenvalue weighted by Crippen LogP contribution is 2.38. The number of hydrogen-bond acceptors (Lipinski definition) is 7. The molecule has 0 amide bonds. The van der Waals surface area contributed by atoms with Gasteiger partial charge >= 0.3 is 0 Å². The Morgan fingerprint density at radius 2 is 2.14 bits per heavy atom. The van der Waals surface area contributed by atoms with Crippen molar-refractivity contribution in [3.8, 4) is 0 Å². The second kappa shape index (κ2) is 7.95. The summed E-state index contributed by atoms with van der Waals surface area (Å²) in [5, 5.41) is 3.52. The van der Waals surface area contributed by atoms with Gasteiger partial charge in [-0.1, -0.05) is 6.07 Å². The van der Waals surface area contributed by atoms with Crippen LogP contribution in [0.3, 0.4) is 0 Å². The van der Waals surface area contributed by atoms with Crippen LogP contribution in [-0.4, -0.2) is 41.7 Å². The lowest BCUT2D eigenvalue weighted by Crippen LogP contribution is -2.46. The van der Waals surface area contributed by atoms with Gasteiger partial charge in [0.15, 0.2) is 0 Å². The van der Waals surface area contributed by atoms with Gasteiger partial charge in [-0.05, 0) is 43.0 Å². The Morgan fingerprint density at radius 3 is 3.00 bits per heavy atom. The third-order valence-corrected chi connectivity index (χ3v) is 6.45. The highest BCUT2D eigenvalue weighted by atomic mass is 19.1. The minimum atomic E-state index is -0.292. The van der Waals surface area contributed by atoms with Crippen molar-refractivity contribution in [1.82, 2.24) is 26.1 Å². The van der Waals surface area contributed by atoms with Crippen molar-refractivity contribution in [3.05, 3.63) is 53.7 Å². The van der Waals surface area contributed by atoms with E-state index in [2.05, 4.69) is 44.3 Å². The molecule has 4 unspecified atom stereocenters. The van der Waals surface area contributed by atoms with E-state index in [4.69, 9.17) is 10.7 Å². The minimum Gasteiger partial charge on any atom is -0.355 e. The second-order valence-electron chi connectivity index (χ2n) is 8.44. The van der Waals surface area contributed by atoms with Crippen LogP contribution in [0.4, 0.5) is 10.2 Å².